The quantitative estimate of drug-likeness (QED) is 0.0957. The van der Waals surface area contributed by atoms with Gasteiger partial charge in [0, 0.05) is 26.6 Å². The fraction of sp³-hybridized carbons (Fsp3) is 0.241. The van der Waals surface area contributed by atoms with Crippen molar-refractivity contribution in [2.24, 2.45) is 9.98 Å². The van der Waals surface area contributed by atoms with E-state index in [0.29, 0.717) is 90.8 Å². The Hall–Kier alpha value is -6.40. The van der Waals surface area contributed by atoms with Crippen LogP contribution >= 0.6 is 27.5 Å². The molecule has 3 aliphatic rings. The SMILES string of the molecule is COC(CNC1=NCCOc2ccc(-c3ccc(C(F)(F)F)cc3)cc21)OC.FC(F)(F)c1ccc(-c2ccc3c(c2)-c2nccn2CCO3)cc1.FC(F)(F)c1ccc(-c2ccc3c(c2)C(Cl)=NCCO3)cc1.[3H][P+](P)=S. The first-order chi connectivity index (χ1) is 37.1. The van der Waals surface area contributed by atoms with Crippen LogP contribution in [0.5, 0.6) is 17.2 Å². The number of hydrogen-bond acceptors (Lipinski definition) is 10. The summed E-state index contributed by atoms with van der Waals surface area (Å²) >= 11 is 10.4. The minimum absolute atomic E-state index is 0.348. The van der Waals surface area contributed by atoms with E-state index in [-0.39, 0.29) is 0 Å². The molecule has 0 aliphatic carbocycles. The normalized spacial score (nSPS) is 14.2. The van der Waals surface area contributed by atoms with Crippen molar-refractivity contribution < 1.29 is 63.2 Å². The van der Waals surface area contributed by atoms with Crippen molar-refractivity contribution in [2.45, 2.75) is 31.4 Å². The van der Waals surface area contributed by atoms with Crippen LogP contribution in [0.15, 0.2) is 150 Å². The highest BCUT2D eigenvalue weighted by Crippen LogP contribution is 2.38. The van der Waals surface area contributed by atoms with E-state index in [4.69, 9.17) is 36.6 Å². The van der Waals surface area contributed by atoms with Crippen LogP contribution in [0, 0.1) is 0 Å². The highest BCUT2D eigenvalue weighted by atomic mass is 35.5. The topological polar surface area (TPSA) is 101 Å². The Balaban J connectivity index is 0.000000165. The smallest absolute Gasteiger partial charge is 0.416 e. The zero-order chi connectivity index (χ0) is 56.2. The van der Waals surface area contributed by atoms with Crippen LogP contribution in [-0.2, 0) is 46.4 Å². The largest absolute Gasteiger partial charge is 0.491 e. The average molecular weight is 1150 g/mol. The van der Waals surface area contributed by atoms with Gasteiger partial charge in [-0.1, -0.05) is 66.2 Å². The number of alkyl halides is 9. The van der Waals surface area contributed by atoms with Gasteiger partial charge in [-0.15, -0.1) is 0 Å². The van der Waals surface area contributed by atoms with Crippen LogP contribution in [0.25, 0.3) is 44.8 Å². The molecule has 0 fully saturated rings. The third-order valence-electron chi connectivity index (χ3n) is 11.8. The number of nitrogens with zero attached hydrogens (tertiary/aromatic N) is 4. The first kappa shape index (κ1) is 56.8. The lowest BCUT2D eigenvalue weighted by atomic mass is 10.0. The van der Waals surface area contributed by atoms with Crippen molar-refractivity contribution in [3.05, 3.63) is 168 Å². The number of fused-ring (bicyclic) bond motifs is 5. The summed E-state index contributed by atoms with van der Waals surface area (Å²) in [6.45, 7) is 2.62. The molecule has 10 rings (SSSR count). The molecule has 7 aromatic rings. The maximum absolute atomic E-state index is 12.8. The van der Waals surface area contributed by atoms with Gasteiger partial charge >= 0.3 is 19.8 Å². The Labute approximate surface area is 452 Å². The Morgan fingerprint density at radius 2 is 1.01 bits per heavy atom. The van der Waals surface area contributed by atoms with Gasteiger partial charge in [-0.25, -0.2) is 4.98 Å². The molecule has 404 valence electrons. The van der Waals surface area contributed by atoms with E-state index < -0.39 is 48.5 Å². The van der Waals surface area contributed by atoms with Crippen LogP contribution in [0.4, 0.5) is 39.5 Å². The summed E-state index contributed by atoms with van der Waals surface area (Å²) < 4.78 is 150. The van der Waals surface area contributed by atoms with Crippen molar-refractivity contribution in [3.63, 3.8) is 0 Å². The number of nitrogens with one attached hydrogen (secondary N) is 1. The lowest BCUT2D eigenvalue weighted by molar-refractivity contribution is -0.138. The molecule has 2 unspecified atom stereocenters. The molecule has 0 spiro atoms. The van der Waals surface area contributed by atoms with Crippen LogP contribution in [0.3, 0.4) is 0 Å². The van der Waals surface area contributed by atoms with E-state index in [9.17, 15) is 39.5 Å². The molecule has 77 heavy (non-hydrogen) atoms. The first-order valence-corrected chi connectivity index (χ1v) is 27.1. The lowest BCUT2D eigenvalue weighted by Crippen LogP contribution is -2.34. The van der Waals surface area contributed by atoms with E-state index in [1.165, 1.54) is 36.4 Å². The van der Waals surface area contributed by atoms with E-state index in [2.05, 4.69) is 41.0 Å². The van der Waals surface area contributed by atoms with E-state index in [1.54, 1.807) is 44.7 Å². The number of aromatic nitrogens is 2. The molecule has 0 saturated heterocycles. The van der Waals surface area contributed by atoms with Gasteiger partial charge in [-0.05, 0) is 106 Å². The van der Waals surface area contributed by atoms with Crippen LogP contribution < -0.4 is 19.5 Å². The lowest BCUT2D eigenvalue weighted by Gasteiger charge is -2.17. The molecule has 0 amide bonds. The average Bonchev–Trinajstić information content (AvgIpc) is 3.59. The highest BCUT2D eigenvalue weighted by molar-refractivity contribution is 8.24. The number of ether oxygens (including phenoxy) is 5. The molecule has 0 radical (unpaired) electrons. The predicted octanol–water partition coefficient (Wildman–Crippen LogP) is 14.0. The fourth-order valence-corrected chi connectivity index (χ4v) is 8.18. The Morgan fingerprint density at radius 3 is 1.47 bits per heavy atom. The van der Waals surface area contributed by atoms with Gasteiger partial charge in [-0.2, -0.15) is 39.5 Å². The molecule has 0 saturated carbocycles. The number of aliphatic imine (C=N–C) groups is 2. The van der Waals surface area contributed by atoms with Crippen LogP contribution in [0.2, 0.25) is 0 Å². The van der Waals surface area contributed by atoms with Crippen molar-refractivity contribution in [3.8, 4) is 62.0 Å². The second-order valence-corrected chi connectivity index (χ2v) is 19.7. The number of hydrogen-bond donors (Lipinski definition) is 1. The Bertz CT molecular complexity index is 3230. The van der Waals surface area contributed by atoms with Crippen molar-refractivity contribution in [2.75, 3.05) is 53.7 Å². The zero-order valence-electron chi connectivity index (χ0n) is 41.8. The zero-order valence-corrected chi connectivity index (χ0v) is 44.5. The number of imidazole rings is 1. The number of halogens is 10. The van der Waals surface area contributed by atoms with Gasteiger partial charge in [-0.3, -0.25) is 9.98 Å². The van der Waals surface area contributed by atoms with E-state index in [0.717, 1.165) is 75.8 Å². The second-order valence-electron chi connectivity index (χ2n) is 16.6. The summed E-state index contributed by atoms with van der Waals surface area (Å²) in [5.41, 5.74) is 4.63. The number of methoxy groups -OCH3 is 2. The molecular weight excluding hydrogens is 1100 g/mol. The summed E-state index contributed by atoms with van der Waals surface area (Å²) in [5, 5.41) is 3.55. The third kappa shape index (κ3) is 15.4. The van der Waals surface area contributed by atoms with Crippen molar-refractivity contribution >= 4 is 50.3 Å². The molecule has 1 aromatic heterocycles. The maximum atomic E-state index is 12.8. The van der Waals surface area contributed by atoms with Gasteiger partial charge in [0.05, 0.1) is 68.5 Å². The molecule has 0 bridgehead atoms. The van der Waals surface area contributed by atoms with Crippen molar-refractivity contribution in [1.29, 1.82) is 1.28 Å². The molecule has 4 heterocycles. The third-order valence-corrected chi connectivity index (χ3v) is 12.1. The molecule has 3 aliphatic heterocycles. The van der Waals surface area contributed by atoms with E-state index in [1.807, 2.05) is 41.1 Å². The number of benzene rings is 6. The Kier molecular flexibility index (Phi) is 19.4. The van der Waals surface area contributed by atoms with Crippen LogP contribution in [-0.4, -0.2) is 81.8 Å². The summed E-state index contributed by atoms with van der Waals surface area (Å²) in [5.74, 6) is 3.44. The monoisotopic (exact) mass is 1150 g/mol. The minimum atomic E-state index is -4.36. The standard InChI is InChI=1S/C20H21F3N2O3.C18H13F3N2O.C16H11ClF3NO.H2P2S/c1-26-18(27-2)12-25-19-16-11-14(5-8-17(16)28-10-9-24-19)13-3-6-15(7-4-13)20(21,22)23;19-18(20,21)14-4-1-12(2-5-14)13-3-6-16-15(11-13)17-22-7-8-23(17)9-10-24-16;17-15-13-9-11(3-6-14(13)22-8-7-21-15)10-1-4-12(5-2-10)16(18,19)20;1-2-3/h3-8,11,18H,9-10,12H2,1-2H3,(H,24,25);1-8,11H,9-10H2;1-6,9H,7-8H2;1H2/p+1/i/hT. The van der Waals surface area contributed by atoms with Gasteiger partial charge in [0.1, 0.15) is 53.9 Å². The highest BCUT2D eigenvalue weighted by Gasteiger charge is 2.32. The van der Waals surface area contributed by atoms with Crippen molar-refractivity contribution in [1.82, 2.24) is 14.9 Å². The molecule has 10 nitrogen and oxygen atoms in total. The summed E-state index contributed by atoms with van der Waals surface area (Å²) in [6.07, 6.45) is -9.84. The molecule has 2 atom stereocenters. The maximum Gasteiger partial charge on any atom is 0.416 e. The number of amidine groups is 1. The molecular formula is C54H48ClF9N5O5P2S+. The van der Waals surface area contributed by atoms with E-state index >= 15 is 0 Å². The number of rotatable bonds is 7. The Morgan fingerprint density at radius 1 is 0.623 bits per heavy atom. The van der Waals surface area contributed by atoms with Gasteiger partial charge in [0.25, 0.3) is 0 Å². The summed E-state index contributed by atoms with van der Waals surface area (Å²) in [4.78, 5) is 13.0. The molecule has 23 heteroatoms. The summed E-state index contributed by atoms with van der Waals surface area (Å²) in [6, 6.07) is 31.6. The van der Waals surface area contributed by atoms with Crippen LogP contribution in [0.1, 0.15) is 27.8 Å². The van der Waals surface area contributed by atoms with Gasteiger partial charge < -0.3 is 33.6 Å². The first-order valence-electron chi connectivity index (χ1n) is 23.7. The molecule has 1 N–H and O–H groups in total. The predicted molar refractivity (Wildman–Crippen MR) is 288 cm³/mol. The summed E-state index contributed by atoms with van der Waals surface area (Å²) in [7, 11) is 5.30. The minimum Gasteiger partial charge on any atom is -0.491 e. The van der Waals surface area contributed by atoms with Gasteiger partial charge in [0.15, 0.2) is 25.1 Å². The second kappa shape index (κ2) is 26.3. The fourth-order valence-electron chi connectivity index (χ4n) is 7.95. The molecule has 6 aromatic carbocycles. The van der Waals surface area contributed by atoms with Gasteiger partial charge in [0.2, 0.25) is 0 Å².